The summed E-state index contributed by atoms with van der Waals surface area (Å²) in [6.07, 6.45) is 2.90. The zero-order valence-corrected chi connectivity index (χ0v) is 20.8. The van der Waals surface area contributed by atoms with Crippen molar-refractivity contribution in [2.75, 3.05) is 43.1 Å². The molecule has 1 aliphatic heterocycles. The lowest BCUT2D eigenvalue weighted by Gasteiger charge is -2.28. The Kier molecular flexibility index (Phi) is 7.41. The topological polar surface area (TPSA) is 112 Å². The van der Waals surface area contributed by atoms with Crippen LogP contribution in [0.5, 0.6) is 0 Å². The first kappa shape index (κ1) is 24.5. The molecule has 9 nitrogen and oxygen atoms in total. The third-order valence-electron chi connectivity index (χ3n) is 6.43. The van der Waals surface area contributed by atoms with Crippen LogP contribution >= 0.6 is 0 Å². The van der Waals surface area contributed by atoms with Crippen molar-refractivity contribution in [3.8, 4) is 11.3 Å². The molecule has 0 saturated carbocycles. The van der Waals surface area contributed by atoms with Gasteiger partial charge in [-0.3, -0.25) is 14.7 Å². The molecule has 0 bridgehead atoms. The molecule has 4 aromatic rings. The van der Waals surface area contributed by atoms with Crippen LogP contribution in [0.3, 0.4) is 0 Å². The number of aromatic nitrogens is 3. The van der Waals surface area contributed by atoms with Crippen LogP contribution in [0, 0.1) is 0 Å². The second-order valence-electron chi connectivity index (χ2n) is 8.94. The van der Waals surface area contributed by atoms with Crippen molar-refractivity contribution in [2.24, 2.45) is 0 Å². The van der Waals surface area contributed by atoms with E-state index in [9.17, 15) is 9.59 Å². The van der Waals surface area contributed by atoms with Crippen molar-refractivity contribution in [3.05, 3.63) is 71.9 Å². The quantitative estimate of drug-likeness (QED) is 0.341. The van der Waals surface area contributed by atoms with Gasteiger partial charge in [-0.05, 0) is 42.3 Å². The van der Waals surface area contributed by atoms with Crippen molar-refractivity contribution < 1.29 is 14.3 Å². The van der Waals surface area contributed by atoms with Crippen LogP contribution in [0.1, 0.15) is 29.3 Å². The molecule has 1 aliphatic rings. The number of carbonyl (C=O) groups excluding carboxylic acids is 2. The fourth-order valence-corrected chi connectivity index (χ4v) is 4.36. The highest BCUT2D eigenvalue weighted by Gasteiger charge is 2.18. The van der Waals surface area contributed by atoms with E-state index in [0.29, 0.717) is 38.2 Å². The molecule has 1 saturated heterocycles. The number of hydrogen-bond acceptors (Lipinski definition) is 6. The van der Waals surface area contributed by atoms with Crippen LogP contribution in [0.25, 0.3) is 22.2 Å². The number of amides is 2. The van der Waals surface area contributed by atoms with Gasteiger partial charge < -0.3 is 20.3 Å². The second-order valence-corrected chi connectivity index (χ2v) is 8.94. The number of nitrogens with zero attached hydrogens (tertiary/aromatic N) is 3. The lowest BCUT2D eigenvalue weighted by Crippen LogP contribution is -2.37. The summed E-state index contributed by atoms with van der Waals surface area (Å²) in [6, 6.07) is 17.3. The number of H-pyrrole nitrogens is 1. The predicted molar refractivity (Wildman–Crippen MR) is 144 cm³/mol. The van der Waals surface area contributed by atoms with Crippen LogP contribution in [0.4, 0.5) is 11.5 Å². The van der Waals surface area contributed by atoms with Gasteiger partial charge in [0.15, 0.2) is 0 Å². The predicted octanol–water partition coefficient (Wildman–Crippen LogP) is 3.78. The Hall–Kier alpha value is -4.24. The Morgan fingerprint density at radius 3 is 2.68 bits per heavy atom. The molecule has 2 aromatic carbocycles. The van der Waals surface area contributed by atoms with Crippen molar-refractivity contribution in [3.63, 3.8) is 0 Å². The lowest BCUT2D eigenvalue weighted by molar-refractivity contribution is -0.115. The van der Waals surface area contributed by atoms with Crippen LogP contribution in [0.2, 0.25) is 0 Å². The summed E-state index contributed by atoms with van der Waals surface area (Å²) >= 11 is 0. The van der Waals surface area contributed by atoms with E-state index in [-0.39, 0.29) is 11.8 Å². The summed E-state index contributed by atoms with van der Waals surface area (Å²) in [5.41, 5.74) is 4.97. The van der Waals surface area contributed by atoms with E-state index in [1.807, 2.05) is 61.5 Å². The smallest absolute Gasteiger partial charge is 0.251 e. The number of carbonyl (C=O) groups is 2. The van der Waals surface area contributed by atoms with E-state index in [2.05, 4.69) is 25.7 Å². The maximum atomic E-state index is 13.2. The molecule has 2 amide bonds. The van der Waals surface area contributed by atoms with Crippen molar-refractivity contribution >= 4 is 34.2 Å². The van der Waals surface area contributed by atoms with E-state index < -0.39 is 0 Å². The van der Waals surface area contributed by atoms with Crippen LogP contribution in [0.15, 0.2) is 60.8 Å². The molecular weight excluding hydrogens is 468 g/mol. The molecule has 0 aliphatic carbocycles. The number of nitrogens with one attached hydrogen (secondary N) is 3. The van der Waals surface area contributed by atoms with Crippen molar-refractivity contribution in [2.45, 2.75) is 19.8 Å². The summed E-state index contributed by atoms with van der Waals surface area (Å²) in [5, 5.41) is 14.0. The molecule has 0 radical (unpaired) electrons. The normalized spacial score (nSPS) is 13.5. The van der Waals surface area contributed by atoms with Gasteiger partial charge in [-0.15, -0.1) is 0 Å². The Bertz CT molecular complexity index is 1390. The fourth-order valence-electron chi connectivity index (χ4n) is 4.36. The maximum Gasteiger partial charge on any atom is 0.251 e. The minimum Gasteiger partial charge on any atom is -0.378 e. The van der Waals surface area contributed by atoms with Crippen LogP contribution in [-0.2, 0) is 16.0 Å². The van der Waals surface area contributed by atoms with E-state index in [1.54, 1.807) is 6.20 Å². The first-order chi connectivity index (χ1) is 18.1. The summed E-state index contributed by atoms with van der Waals surface area (Å²) in [5.74, 6) is 0.595. The molecule has 37 heavy (non-hydrogen) atoms. The van der Waals surface area contributed by atoms with Gasteiger partial charge in [0.1, 0.15) is 5.82 Å². The minimum absolute atomic E-state index is 0.0165. The van der Waals surface area contributed by atoms with Gasteiger partial charge in [-0.2, -0.15) is 5.10 Å². The second kappa shape index (κ2) is 11.2. The Balaban J connectivity index is 1.33. The van der Waals surface area contributed by atoms with Crippen LogP contribution in [-0.4, -0.2) is 59.8 Å². The Labute approximate surface area is 215 Å². The minimum atomic E-state index is -0.149. The molecule has 190 valence electrons. The third-order valence-corrected chi connectivity index (χ3v) is 6.43. The number of pyridine rings is 1. The Morgan fingerprint density at radius 2 is 1.89 bits per heavy atom. The summed E-state index contributed by atoms with van der Waals surface area (Å²) < 4.78 is 5.51. The first-order valence-electron chi connectivity index (χ1n) is 12.5. The summed E-state index contributed by atoms with van der Waals surface area (Å²) in [7, 11) is 0. The molecule has 1 fully saturated rings. The largest absolute Gasteiger partial charge is 0.378 e. The number of aromatic amines is 1. The van der Waals surface area contributed by atoms with E-state index >= 15 is 0 Å². The molecule has 5 rings (SSSR count). The number of morpholine rings is 1. The first-order valence-corrected chi connectivity index (χ1v) is 12.5. The number of ether oxygens (including phenoxy) is 1. The van der Waals surface area contributed by atoms with Gasteiger partial charge in [-0.1, -0.05) is 31.2 Å². The Morgan fingerprint density at radius 1 is 1.08 bits per heavy atom. The average molecular weight is 499 g/mol. The number of fused-ring (bicyclic) bond motifs is 1. The van der Waals surface area contributed by atoms with E-state index in [1.165, 1.54) is 0 Å². The fraction of sp³-hybridized carbons (Fsp3) is 0.286. The highest BCUT2D eigenvalue weighted by atomic mass is 16.5. The third kappa shape index (κ3) is 5.78. The zero-order valence-electron chi connectivity index (χ0n) is 20.8. The summed E-state index contributed by atoms with van der Waals surface area (Å²) in [6.45, 7) is 5.02. The molecule has 0 atom stereocenters. The molecule has 9 heteroatoms. The molecular formula is C28H30N6O3. The van der Waals surface area contributed by atoms with Crippen LogP contribution < -0.4 is 15.5 Å². The van der Waals surface area contributed by atoms with Gasteiger partial charge >= 0.3 is 0 Å². The molecule has 0 unspecified atom stereocenters. The van der Waals surface area contributed by atoms with Gasteiger partial charge in [0.25, 0.3) is 5.91 Å². The lowest BCUT2D eigenvalue weighted by atomic mass is 10.0. The molecule has 3 heterocycles. The standard InChI is InChI=1S/C28H30N6O3/c1-2-27(35)31-21-8-6-19(7-9-21)10-11-29-28(36)20-16-25(22-4-3-5-24-23(22)18-30-33-24)32-26(17-20)34-12-14-37-15-13-34/h3-9,16-18H,2,10-15H2,1H3,(H,29,36)(H,30,33)(H,31,35). The molecule has 3 N–H and O–H groups in total. The highest BCUT2D eigenvalue weighted by molar-refractivity contribution is 5.98. The number of benzene rings is 2. The molecule has 0 spiro atoms. The van der Waals surface area contributed by atoms with Crippen molar-refractivity contribution in [1.82, 2.24) is 20.5 Å². The summed E-state index contributed by atoms with van der Waals surface area (Å²) in [4.78, 5) is 31.9. The average Bonchev–Trinajstić information content (AvgIpc) is 3.43. The number of rotatable bonds is 8. The maximum absolute atomic E-state index is 13.2. The van der Waals surface area contributed by atoms with Gasteiger partial charge in [-0.25, -0.2) is 4.98 Å². The SMILES string of the molecule is CCC(=O)Nc1ccc(CCNC(=O)c2cc(-c3cccc4[nH]ncc34)nc(N3CCOCC3)c2)cc1. The van der Waals surface area contributed by atoms with Gasteiger partial charge in [0, 0.05) is 48.3 Å². The number of hydrogen-bond donors (Lipinski definition) is 3. The molecule has 2 aromatic heterocycles. The zero-order chi connectivity index (χ0) is 25.6. The highest BCUT2D eigenvalue weighted by Crippen LogP contribution is 2.29. The monoisotopic (exact) mass is 498 g/mol. The van der Waals surface area contributed by atoms with Crippen molar-refractivity contribution in [1.29, 1.82) is 0 Å². The van der Waals surface area contributed by atoms with Gasteiger partial charge in [0.05, 0.1) is 30.6 Å². The van der Waals surface area contributed by atoms with E-state index in [0.717, 1.165) is 52.3 Å². The van der Waals surface area contributed by atoms with Gasteiger partial charge in [0.2, 0.25) is 5.91 Å². The van der Waals surface area contributed by atoms with E-state index in [4.69, 9.17) is 9.72 Å². The number of anilines is 2.